The van der Waals surface area contributed by atoms with Crippen molar-refractivity contribution in [3.05, 3.63) is 0 Å². The molecule has 1 atom stereocenters. The van der Waals surface area contributed by atoms with Crippen molar-refractivity contribution in [3.8, 4) is 0 Å². The summed E-state index contributed by atoms with van der Waals surface area (Å²) in [6.07, 6.45) is 0.514. The summed E-state index contributed by atoms with van der Waals surface area (Å²) in [5.41, 5.74) is -0.479. The van der Waals surface area contributed by atoms with Crippen LogP contribution in [0.15, 0.2) is 0 Å². The maximum Gasteiger partial charge on any atom is 0.407 e. The number of urea groups is 1. The highest BCUT2D eigenvalue weighted by molar-refractivity contribution is 5.74. The van der Waals surface area contributed by atoms with Crippen molar-refractivity contribution in [2.45, 2.75) is 32.8 Å². The smallest absolute Gasteiger partial charge is 0.407 e. The van der Waals surface area contributed by atoms with Gasteiger partial charge in [0.25, 0.3) is 0 Å². The second kappa shape index (κ2) is 6.12. The van der Waals surface area contributed by atoms with Gasteiger partial charge in [0.05, 0.1) is 0 Å². The van der Waals surface area contributed by atoms with Crippen LogP contribution in [0.2, 0.25) is 0 Å². The van der Waals surface area contributed by atoms with Crippen LogP contribution in [0.4, 0.5) is 9.59 Å². The number of nitrogens with one attached hydrogen (secondary N) is 1. The summed E-state index contributed by atoms with van der Waals surface area (Å²) in [6, 6.07) is 0.0276. The molecule has 3 amide bonds. The van der Waals surface area contributed by atoms with Crippen molar-refractivity contribution >= 4 is 12.1 Å². The second-order valence-electron chi connectivity index (χ2n) is 6.16. The van der Waals surface area contributed by atoms with Crippen molar-refractivity contribution in [1.29, 1.82) is 0 Å². The molecule has 0 saturated carbocycles. The molecule has 0 spiro atoms. The first-order chi connectivity index (χ1) is 8.69. The minimum absolute atomic E-state index is 0.0276. The lowest BCUT2D eigenvalue weighted by atomic mass is 10.1. The number of carbonyl (C=O) groups is 2. The minimum atomic E-state index is -0.479. The third-order valence-corrected chi connectivity index (χ3v) is 2.87. The summed E-state index contributed by atoms with van der Waals surface area (Å²) in [7, 11) is 3.49. The zero-order chi connectivity index (χ0) is 14.6. The van der Waals surface area contributed by atoms with Crippen molar-refractivity contribution in [2.24, 2.45) is 5.92 Å². The Labute approximate surface area is 115 Å². The molecule has 6 heteroatoms. The molecule has 110 valence electrons. The van der Waals surface area contributed by atoms with E-state index in [1.165, 1.54) is 0 Å². The number of ether oxygens (including phenoxy) is 1. The SMILES string of the molecule is CN(C)C(=O)N1CC[C@@H](CNC(=O)OC(C)(C)C)C1. The van der Waals surface area contributed by atoms with Gasteiger partial charge < -0.3 is 19.9 Å². The lowest BCUT2D eigenvalue weighted by molar-refractivity contribution is 0.0520. The zero-order valence-electron chi connectivity index (χ0n) is 12.5. The number of likely N-dealkylation sites (tertiary alicyclic amines) is 1. The fourth-order valence-corrected chi connectivity index (χ4v) is 2.00. The molecule has 0 aliphatic carbocycles. The number of alkyl carbamates (subject to hydrolysis) is 1. The van der Waals surface area contributed by atoms with E-state index in [2.05, 4.69) is 5.32 Å². The average molecular weight is 271 g/mol. The quantitative estimate of drug-likeness (QED) is 0.828. The minimum Gasteiger partial charge on any atom is -0.444 e. The lowest BCUT2D eigenvalue weighted by Gasteiger charge is -2.22. The Kier molecular flexibility index (Phi) is 5.03. The summed E-state index contributed by atoms with van der Waals surface area (Å²) in [5, 5.41) is 2.76. The monoisotopic (exact) mass is 271 g/mol. The number of rotatable bonds is 2. The Morgan fingerprint density at radius 2 is 2.00 bits per heavy atom. The molecule has 0 aromatic heterocycles. The first-order valence-electron chi connectivity index (χ1n) is 6.62. The normalized spacial score (nSPS) is 19.2. The highest BCUT2D eigenvalue weighted by Crippen LogP contribution is 2.16. The van der Waals surface area contributed by atoms with E-state index in [1.54, 1.807) is 23.9 Å². The van der Waals surface area contributed by atoms with Crippen LogP contribution < -0.4 is 5.32 Å². The predicted molar refractivity (Wildman–Crippen MR) is 73.0 cm³/mol. The molecule has 0 aromatic carbocycles. The van der Waals surface area contributed by atoms with Gasteiger partial charge in [0.15, 0.2) is 0 Å². The molecular weight excluding hydrogens is 246 g/mol. The van der Waals surface area contributed by atoms with Gasteiger partial charge in [-0.1, -0.05) is 0 Å². The fourth-order valence-electron chi connectivity index (χ4n) is 2.00. The number of nitrogens with zero attached hydrogens (tertiary/aromatic N) is 2. The van der Waals surface area contributed by atoms with Gasteiger partial charge in [-0.3, -0.25) is 0 Å². The number of hydrogen-bond donors (Lipinski definition) is 1. The maximum atomic E-state index is 11.8. The van der Waals surface area contributed by atoms with E-state index in [-0.39, 0.29) is 6.03 Å². The van der Waals surface area contributed by atoms with E-state index in [0.29, 0.717) is 19.0 Å². The highest BCUT2D eigenvalue weighted by atomic mass is 16.6. The third-order valence-electron chi connectivity index (χ3n) is 2.87. The van der Waals surface area contributed by atoms with Crippen LogP contribution in [0.5, 0.6) is 0 Å². The topological polar surface area (TPSA) is 61.9 Å². The van der Waals surface area contributed by atoms with Crippen LogP contribution in [-0.4, -0.2) is 61.3 Å². The van der Waals surface area contributed by atoms with Crippen molar-refractivity contribution in [2.75, 3.05) is 33.7 Å². The van der Waals surface area contributed by atoms with Crippen LogP contribution in [0.3, 0.4) is 0 Å². The van der Waals surface area contributed by atoms with Gasteiger partial charge in [0.1, 0.15) is 5.60 Å². The third kappa shape index (κ3) is 5.36. The Morgan fingerprint density at radius 1 is 1.37 bits per heavy atom. The Balaban J connectivity index is 2.30. The summed E-state index contributed by atoms with van der Waals surface area (Å²) in [4.78, 5) is 26.7. The summed E-state index contributed by atoms with van der Waals surface area (Å²) >= 11 is 0. The van der Waals surface area contributed by atoms with Crippen molar-refractivity contribution in [3.63, 3.8) is 0 Å². The highest BCUT2D eigenvalue weighted by Gasteiger charge is 2.27. The molecule has 0 bridgehead atoms. The van der Waals surface area contributed by atoms with E-state index in [9.17, 15) is 9.59 Å². The lowest BCUT2D eigenvalue weighted by Crippen LogP contribution is -2.39. The van der Waals surface area contributed by atoms with Gasteiger partial charge >= 0.3 is 12.1 Å². The van der Waals surface area contributed by atoms with Gasteiger partial charge in [0, 0.05) is 33.7 Å². The summed E-state index contributed by atoms with van der Waals surface area (Å²) in [5.74, 6) is 0.302. The Hall–Kier alpha value is -1.46. The van der Waals surface area contributed by atoms with E-state index >= 15 is 0 Å². The zero-order valence-corrected chi connectivity index (χ0v) is 12.5. The molecule has 1 aliphatic rings. The molecule has 1 rings (SSSR count). The first kappa shape index (κ1) is 15.6. The van der Waals surface area contributed by atoms with Crippen molar-refractivity contribution < 1.29 is 14.3 Å². The first-order valence-corrected chi connectivity index (χ1v) is 6.62. The molecule has 0 unspecified atom stereocenters. The van der Waals surface area contributed by atoms with E-state index in [0.717, 1.165) is 13.0 Å². The molecule has 1 saturated heterocycles. The van der Waals surface area contributed by atoms with Crippen LogP contribution in [0, 0.1) is 5.92 Å². The fraction of sp³-hybridized carbons (Fsp3) is 0.846. The largest absolute Gasteiger partial charge is 0.444 e. The van der Waals surface area contributed by atoms with E-state index in [1.807, 2.05) is 20.8 Å². The molecule has 6 nitrogen and oxygen atoms in total. The maximum absolute atomic E-state index is 11.8. The van der Waals surface area contributed by atoms with Crippen LogP contribution in [0.25, 0.3) is 0 Å². The molecule has 1 heterocycles. The second-order valence-corrected chi connectivity index (χ2v) is 6.16. The molecule has 1 N–H and O–H groups in total. The Bertz CT molecular complexity index is 337. The van der Waals surface area contributed by atoms with Gasteiger partial charge in [-0.05, 0) is 33.1 Å². The number of carbonyl (C=O) groups excluding carboxylic acids is 2. The van der Waals surface area contributed by atoms with Crippen LogP contribution >= 0.6 is 0 Å². The number of amides is 3. The van der Waals surface area contributed by atoms with Crippen LogP contribution in [0.1, 0.15) is 27.2 Å². The van der Waals surface area contributed by atoms with Gasteiger partial charge in [-0.15, -0.1) is 0 Å². The molecule has 1 fully saturated rings. The molecule has 19 heavy (non-hydrogen) atoms. The van der Waals surface area contributed by atoms with Gasteiger partial charge in [0.2, 0.25) is 0 Å². The molecule has 1 aliphatic heterocycles. The van der Waals surface area contributed by atoms with E-state index in [4.69, 9.17) is 4.74 Å². The van der Waals surface area contributed by atoms with E-state index < -0.39 is 11.7 Å². The molecular formula is C13H25N3O3. The summed E-state index contributed by atoms with van der Waals surface area (Å²) < 4.78 is 5.17. The van der Waals surface area contributed by atoms with Gasteiger partial charge in [-0.2, -0.15) is 0 Å². The number of hydrogen-bond acceptors (Lipinski definition) is 3. The summed E-state index contributed by atoms with van der Waals surface area (Å²) in [6.45, 7) is 7.48. The molecule has 0 radical (unpaired) electrons. The van der Waals surface area contributed by atoms with Crippen molar-refractivity contribution in [1.82, 2.24) is 15.1 Å². The average Bonchev–Trinajstić information content (AvgIpc) is 2.71. The Morgan fingerprint density at radius 3 is 2.53 bits per heavy atom. The molecule has 0 aromatic rings. The van der Waals surface area contributed by atoms with Crippen LogP contribution in [-0.2, 0) is 4.74 Å². The van der Waals surface area contributed by atoms with Gasteiger partial charge in [-0.25, -0.2) is 9.59 Å². The predicted octanol–water partition coefficient (Wildman–Crippen LogP) is 1.51. The standard InChI is InChI=1S/C13H25N3O3/c1-13(2,3)19-11(17)14-8-10-6-7-16(9-10)12(18)15(4)5/h10H,6-9H2,1-5H3,(H,14,17)/t10-/m0/s1.